The highest BCUT2D eigenvalue weighted by Gasteiger charge is 2.46. The van der Waals surface area contributed by atoms with Crippen molar-refractivity contribution in [2.45, 2.75) is 32.4 Å². The van der Waals surface area contributed by atoms with E-state index >= 15 is 0 Å². The largest absolute Gasteiger partial charge is 0.493 e. The molecule has 0 spiro atoms. The van der Waals surface area contributed by atoms with Gasteiger partial charge in [0.05, 0.1) is 13.3 Å². The fourth-order valence-corrected chi connectivity index (χ4v) is 2.76. The molecule has 0 bridgehead atoms. The smallest absolute Gasteiger partial charge is 0.346 e. The molecule has 7 nitrogen and oxygen atoms in total. The summed E-state index contributed by atoms with van der Waals surface area (Å²) < 4.78 is 11.2. The lowest BCUT2D eigenvalue weighted by atomic mass is 10.00. The van der Waals surface area contributed by atoms with E-state index in [0.29, 0.717) is 30.1 Å². The molecule has 0 radical (unpaired) electrons. The van der Waals surface area contributed by atoms with Gasteiger partial charge in [-0.05, 0) is 42.7 Å². The summed E-state index contributed by atoms with van der Waals surface area (Å²) in [4.78, 5) is 24.4. The Morgan fingerprint density at radius 2 is 1.89 bits per heavy atom. The van der Waals surface area contributed by atoms with Crippen LogP contribution < -0.4 is 14.8 Å². The Kier molecular flexibility index (Phi) is 5.63. The Bertz CT molecular complexity index is 898. The van der Waals surface area contributed by atoms with Crippen molar-refractivity contribution in [1.29, 1.82) is 0 Å². The van der Waals surface area contributed by atoms with Crippen LogP contribution in [0.4, 0.5) is 4.79 Å². The van der Waals surface area contributed by atoms with Gasteiger partial charge in [0, 0.05) is 0 Å². The third-order valence-electron chi connectivity index (χ3n) is 4.69. The van der Waals surface area contributed by atoms with Gasteiger partial charge in [0.2, 0.25) is 0 Å². The second kappa shape index (κ2) is 8.12. The zero-order valence-electron chi connectivity index (χ0n) is 16.1. The Morgan fingerprint density at radius 1 is 1.14 bits per heavy atom. The number of benzene rings is 2. The molecule has 7 heteroatoms. The van der Waals surface area contributed by atoms with Crippen LogP contribution in [0.1, 0.15) is 31.4 Å². The van der Waals surface area contributed by atoms with Gasteiger partial charge >= 0.3 is 6.03 Å². The predicted octanol–water partition coefficient (Wildman–Crippen LogP) is 3.33. The molecule has 0 aliphatic carbocycles. The predicted molar refractivity (Wildman–Crippen MR) is 105 cm³/mol. The first-order valence-electron chi connectivity index (χ1n) is 9.02. The molecule has 2 aromatic carbocycles. The molecule has 0 saturated carbocycles. The van der Waals surface area contributed by atoms with E-state index in [0.717, 1.165) is 10.6 Å². The van der Waals surface area contributed by atoms with Gasteiger partial charge in [0.25, 0.3) is 5.91 Å². The molecule has 146 valence electrons. The first-order valence-corrected chi connectivity index (χ1v) is 9.02. The van der Waals surface area contributed by atoms with Gasteiger partial charge in [-0.2, -0.15) is 5.10 Å². The van der Waals surface area contributed by atoms with Crippen molar-refractivity contribution in [3.05, 3.63) is 59.7 Å². The van der Waals surface area contributed by atoms with Crippen LogP contribution in [-0.4, -0.2) is 35.8 Å². The van der Waals surface area contributed by atoms with E-state index in [4.69, 9.17) is 9.47 Å². The Balaban J connectivity index is 1.76. The molecule has 2 aromatic rings. The van der Waals surface area contributed by atoms with Gasteiger partial charge in [0.1, 0.15) is 12.1 Å². The van der Waals surface area contributed by atoms with Crippen molar-refractivity contribution < 1.29 is 19.1 Å². The van der Waals surface area contributed by atoms with E-state index in [-0.39, 0.29) is 5.91 Å². The van der Waals surface area contributed by atoms with E-state index in [2.05, 4.69) is 10.4 Å². The molecule has 0 aromatic heterocycles. The van der Waals surface area contributed by atoms with Gasteiger partial charge in [-0.3, -0.25) is 4.79 Å². The van der Waals surface area contributed by atoms with E-state index in [1.165, 1.54) is 6.21 Å². The standard InChI is InChI=1S/C21H23N3O4/c1-4-21(2)19(25)24(20(26)23-21)22-13-16-10-11-17(27-3)18(12-16)28-14-15-8-6-5-7-9-15/h5-13H,4,14H2,1-3H3,(H,23,26). The van der Waals surface area contributed by atoms with E-state index < -0.39 is 11.6 Å². The van der Waals surface area contributed by atoms with Crippen molar-refractivity contribution >= 4 is 18.2 Å². The lowest BCUT2D eigenvalue weighted by molar-refractivity contribution is -0.130. The number of nitrogens with zero attached hydrogens (tertiary/aromatic N) is 2. The molecule has 1 unspecified atom stereocenters. The van der Waals surface area contributed by atoms with E-state index in [9.17, 15) is 9.59 Å². The number of imide groups is 1. The van der Waals surface area contributed by atoms with Crippen molar-refractivity contribution in [2.75, 3.05) is 7.11 Å². The van der Waals surface area contributed by atoms with E-state index in [1.807, 2.05) is 37.3 Å². The summed E-state index contributed by atoms with van der Waals surface area (Å²) in [5.41, 5.74) is 0.787. The summed E-state index contributed by atoms with van der Waals surface area (Å²) >= 11 is 0. The fraction of sp³-hybridized carbons (Fsp3) is 0.286. The minimum Gasteiger partial charge on any atom is -0.493 e. The maximum Gasteiger partial charge on any atom is 0.346 e. The summed E-state index contributed by atoms with van der Waals surface area (Å²) in [5, 5.41) is 7.59. The Morgan fingerprint density at radius 3 is 2.54 bits per heavy atom. The van der Waals surface area contributed by atoms with Crippen molar-refractivity contribution in [1.82, 2.24) is 10.3 Å². The van der Waals surface area contributed by atoms with Crippen LogP contribution in [-0.2, 0) is 11.4 Å². The molecule has 1 heterocycles. The Hall–Kier alpha value is -3.35. The molecule has 1 N–H and O–H groups in total. The molecule has 1 aliphatic rings. The summed E-state index contributed by atoms with van der Waals surface area (Å²) in [6.07, 6.45) is 1.94. The van der Waals surface area contributed by atoms with Crippen LogP contribution in [0.2, 0.25) is 0 Å². The normalized spacial score (nSPS) is 19.2. The lowest BCUT2D eigenvalue weighted by Crippen LogP contribution is -2.42. The van der Waals surface area contributed by atoms with Gasteiger partial charge in [0.15, 0.2) is 11.5 Å². The molecule has 1 atom stereocenters. The number of ether oxygens (including phenoxy) is 2. The van der Waals surface area contributed by atoms with Crippen LogP contribution in [0.5, 0.6) is 11.5 Å². The van der Waals surface area contributed by atoms with Crippen LogP contribution in [0.25, 0.3) is 0 Å². The highest BCUT2D eigenvalue weighted by atomic mass is 16.5. The first kappa shape index (κ1) is 19.4. The maximum absolute atomic E-state index is 12.4. The number of carbonyl (C=O) groups is 2. The van der Waals surface area contributed by atoms with Crippen molar-refractivity contribution in [2.24, 2.45) is 5.10 Å². The topological polar surface area (TPSA) is 80.2 Å². The average Bonchev–Trinajstić information content (AvgIpc) is 2.94. The van der Waals surface area contributed by atoms with Crippen LogP contribution >= 0.6 is 0 Å². The third kappa shape index (κ3) is 3.98. The third-order valence-corrected chi connectivity index (χ3v) is 4.69. The van der Waals surface area contributed by atoms with Gasteiger partial charge in [-0.25, -0.2) is 4.79 Å². The van der Waals surface area contributed by atoms with Crippen molar-refractivity contribution in [3.63, 3.8) is 0 Å². The monoisotopic (exact) mass is 381 g/mol. The number of rotatable bonds is 7. The summed E-state index contributed by atoms with van der Waals surface area (Å²) in [5.74, 6) is 0.762. The minimum absolute atomic E-state index is 0.370. The second-order valence-corrected chi connectivity index (χ2v) is 6.66. The number of hydrogen-bond donors (Lipinski definition) is 1. The quantitative estimate of drug-likeness (QED) is 0.589. The highest BCUT2D eigenvalue weighted by molar-refractivity contribution is 6.07. The first-order chi connectivity index (χ1) is 13.5. The molecule has 3 amide bonds. The number of amides is 3. The van der Waals surface area contributed by atoms with Gasteiger partial charge < -0.3 is 14.8 Å². The lowest BCUT2D eigenvalue weighted by Gasteiger charge is -2.17. The number of hydrogen-bond acceptors (Lipinski definition) is 5. The SMILES string of the molecule is CCC1(C)NC(=O)N(N=Cc2ccc(OC)c(OCc3ccccc3)c2)C1=O. The molecule has 28 heavy (non-hydrogen) atoms. The van der Waals surface area contributed by atoms with Crippen LogP contribution in [0, 0.1) is 0 Å². The summed E-state index contributed by atoms with van der Waals surface area (Å²) in [7, 11) is 1.57. The zero-order chi connectivity index (χ0) is 20.1. The molecule has 3 rings (SSSR count). The van der Waals surface area contributed by atoms with E-state index in [1.54, 1.807) is 32.2 Å². The number of carbonyl (C=O) groups excluding carboxylic acids is 2. The van der Waals surface area contributed by atoms with Crippen LogP contribution in [0.15, 0.2) is 53.6 Å². The maximum atomic E-state index is 12.4. The Labute approximate surface area is 163 Å². The number of urea groups is 1. The zero-order valence-corrected chi connectivity index (χ0v) is 16.1. The minimum atomic E-state index is -0.918. The number of methoxy groups -OCH3 is 1. The molecular formula is C21H23N3O4. The average molecular weight is 381 g/mol. The number of hydrazone groups is 1. The summed E-state index contributed by atoms with van der Waals surface area (Å²) in [6.45, 7) is 3.91. The number of nitrogens with one attached hydrogen (secondary N) is 1. The molecular weight excluding hydrogens is 358 g/mol. The highest BCUT2D eigenvalue weighted by Crippen LogP contribution is 2.28. The molecule has 1 fully saturated rings. The summed E-state index contributed by atoms with van der Waals surface area (Å²) in [6, 6.07) is 14.5. The van der Waals surface area contributed by atoms with Crippen LogP contribution in [0.3, 0.4) is 0 Å². The molecule has 1 aliphatic heterocycles. The second-order valence-electron chi connectivity index (χ2n) is 6.66. The van der Waals surface area contributed by atoms with Gasteiger partial charge in [-0.1, -0.05) is 37.3 Å². The van der Waals surface area contributed by atoms with Gasteiger partial charge in [-0.15, -0.1) is 5.01 Å². The fourth-order valence-electron chi connectivity index (χ4n) is 2.76. The molecule has 1 saturated heterocycles. The van der Waals surface area contributed by atoms with Crippen molar-refractivity contribution in [3.8, 4) is 11.5 Å².